The average Bonchev–Trinajstić information content (AvgIpc) is 2.67. The highest BCUT2D eigenvalue weighted by Gasteiger charge is 2.15. The number of rotatable bonds is 8. The smallest absolute Gasteiger partial charge is 0.124 e. The summed E-state index contributed by atoms with van der Waals surface area (Å²) in [5.41, 5.74) is 3.29. The molecule has 0 fully saturated rings. The molecule has 0 aliphatic carbocycles. The highest BCUT2D eigenvalue weighted by molar-refractivity contribution is 14.1. The fraction of sp³-hybridized carbons (Fsp3) is 0.217. The lowest BCUT2D eigenvalue weighted by molar-refractivity contribution is 0.136. The first-order chi connectivity index (χ1) is 13.1. The SMILES string of the molecule is OC(CCN(Cc1ccccc1)Cc1ccccc1)c1ccc(F)cc1I. The van der Waals surface area contributed by atoms with Gasteiger partial charge in [0.25, 0.3) is 0 Å². The first-order valence-electron chi connectivity index (χ1n) is 9.05. The molecule has 1 N–H and O–H groups in total. The Balaban J connectivity index is 1.68. The normalized spacial score (nSPS) is 12.3. The van der Waals surface area contributed by atoms with E-state index in [2.05, 4.69) is 51.8 Å². The maximum atomic E-state index is 13.3. The number of nitrogens with zero attached hydrogens (tertiary/aromatic N) is 1. The Morgan fingerprint density at radius 3 is 1.93 bits per heavy atom. The number of hydrogen-bond donors (Lipinski definition) is 1. The van der Waals surface area contributed by atoms with Crippen LogP contribution in [-0.4, -0.2) is 16.6 Å². The standard InChI is InChI=1S/C23H23FINO/c24-20-11-12-21(22(25)15-20)23(27)13-14-26(16-18-7-3-1-4-8-18)17-19-9-5-2-6-10-19/h1-12,15,23,27H,13-14,16-17H2. The fourth-order valence-corrected chi connectivity index (χ4v) is 3.97. The van der Waals surface area contributed by atoms with Crippen LogP contribution >= 0.6 is 22.6 Å². The van der Waals surface area contributed by atoms with Crippen LogP contribution < -0.4 is 0 Å². The minimum Gasteiger partial charge on any atom is -0.388 e. The Bertz CT molecular complexity index is 800. The summed E-state index contributed by atoms with van der Waals surface area (Å²) in [4.78, 5) is 2.34. The maximum Gasteiger partial charge on any atom is 0.124 e. The van der Waals surface area contributed by atoms with Gasteiger partial charge < -0.3 is 5.11 Å². The molecule has 0 aromatic heterocycles. The van der Waals surface area contributed by atoms with Crippen molar-refractivity contribution in [2.75, 3.05) is 6.54 Å². The lowest BCUT2D eigenvalue weighted by Gasteiger charge is -2.24. The van der Waals surface area contributed by atoms with Crippen molar-refractivity contribution in [2.24, 2.45) is 0 Å². The number of benzene rings is 3. The van der Waals surface area contributed by atoms with Crippen molar-refractivity contribution in [1.29, 1.82) is 0 Å². The predicted molar refractivity (Wildman–Crippen MR) is 116 cm³/mol. The van der Waals surface area contributed by atoms with Crippen LogP contribution in [-0.2, 0) is 13.1 Å². The van der Waals surface area contributed by atoms with Gasteiger partial charge in [-0.1, -0.05) is 66.7 Å². The quantitative estimate of drug-likeness (QED) is 0.432. The van der Waals surface area contributed by atoms with Crippen molar-refractivity contribution in [3.63, 3.8) is 0 Å². The van der Waals surface area contributed by atoms with E-state index in [1.807, 2.05) is 36.4 Å². The summed E-state index contributed by atoms with van der Waals surface area (Å²) in [7, 11) is 0. The monoisotopic (exact) mass is 475 g/mol. The minimum atomic E-state index is -0.605. The van der Waals surface area contributed by atoms with Gasteiger partial charge in [-0.3, -0.25) is 4.90 Å². The van der Waals surface area contributed by atoms with Crippen LogP contribution in [0.15, 0.2) is 78.9 Å². The zero-order valence-corrected chi connectivity index (χ0v) is 17.2. The van der Waals surface area contributed by atoms with Gasteiger partial charge in [0, 0.05) is 23.2 Å². The number of aliphatic hydroxyl groups excluding tert-OH is 1. The van der Waals surface area contributed by atoms with E-state index in [1.165, 1.54) is 23.3 Å². The van der Waals surface area contributed by atoms with Gasteiger partial charge in [-0.15, -0.1) is 0 Å². The van der Waals surface area contributed by atoms with Crippen molar-refractivity contribution in [1.82, 2.24) is 4.90 Å². The molecule has 0 heterocycles. The van der Waals surface area contributed by atoms with Crippen LogP contribution in [0.2, 0.25) is 0 Å². The number of hydrogen-bond acceptors (Lipinski definition) is 2. The molecule has 140 valence electrons. The number of aliphatic hydroxyl groups is 1. The lowest BCUT2D eigenvalue weighted by atomic mass is 10.1. The third-order valence-corrected chi connectivity index (χ3v) is 5.47. The summed E-state index contributed by atoms with van der Waals surface area (Å²) in [6, 6.07) is 25.3. The summed E-state index contributed by atoms with van der Waals surface area (Å²) >= 11 is 2.08. The molecule has 0 saturated heterocycles. The molecule has 1 unspecified atom stereocenters. The van der Waals surface area contributed by atoms with Gasteiger partial charge in [0.05, 0.1) is 6.10 Å². The van der Waals surface area contributed by atoms with Crippen LogP contribution in [0.3, 0.4) is 0 Å². The molecule has 3 rings (SSSR count). The summed E-state index contributed by atoms with van der Waals surface area (Å²) in [6.07, 6.45) is -0.00654. The molecule has 0 saturated carbocycles. The summed E-state index contributed by atoms with van der Waals surface area (Å²) in [6.45, 7) is 2.39. The van der Waals surface area contributed by atoms with E-state index in [1.54, 1.807) is 6.07 Å². The first kappa shape index (κ1) is 20.0. The maximum absolute atomic E-state index is 13.3. The van der Waals surface area contributed by atoms with Crippen molar-refractivity contribution in [3.05, 3.63) is 105 Å². The summed E-state index contributed by atoms with van der Waals surface area (Å²) in [5, 5.41) is 10.6. The number of halogens is 2. The second kappa shape index (κ2) is 9.97. The van der Waals surface area contributed by atoms with Gasteiger partial charge in [-0.25, -0.2) is 4.39 Å². The summed E-state index contributed by atoms with van der Waals surface area (Å²) in [5.74, 6) is -0.273. The van der Waals surface area contributed by atoms with Crippen LogP contribution in [0.5, 0.6) is 0 Å². The first-order valence-corrected chi connectivity index (χ1v) is 10.1. The van der Waals surface area contributed by atoms with Crippen molar-refractivity contribution in [3.8, 4) is 0 Å². The third kappa shape index (κ3) is 6.13. The Hall–Kier alpha value is -1.76. The second-order valence-electron chi connectivity index (χ2n) is 6.65. The van der Waals surface area contributed by atoms with Crippen molar-refractivity contribution < 1.29 is 9.50 Å². The van der Waals surface area contributed by atoms with Gasteiger partial charge in [0.1, 0.15) is 5.82 Å². The van der Waals surface area contributed by atoms with Crippen LogP contribution in [0.25, 0.3) is 0 Å². The predicted octanol–water partition coefficient (Wildman–Crippen LogP) is 5.56. The van der Waals surface area contributed by atoms with Crippen LogP contribution in [0, 0.1) is 9.39 Å². The molecule has 0 radical (unpaired) electrons. The zero-order chi connectivity index (χ0) is 19.1. The second-order valence-corrected chi connectivity index (χ2v) is 7.81. The molecular formula is C23H23FINO. The Kier molecular flexibility index (Phi) is 7.38. The Labute approximate surface area is 173 Å². The van der Waals surface area contributed by atoms with E-state index < -0.39 is 6.10 Å². The Morgan fingerprint density at radius 1 is 0.852 bits per heavy atom. The van der Waals surface area contributed by atoms with Crippen LogP contribution in [0.4, 0.5) is 4.39 Å². The summed E-state index contributed by atoms with van der Waals surface area (Å²) < 4.78 is 14.1. The molecule has 0 aliphatic rings. The van der Waals surface area contributed by atoms with Gasteiger partial charge in [-0.2, -0.15) is 0 Å². The Morgan fingerprint density at radius 2 is 1.41 bits per heavy atom. The molecule has 3 aromatic rings. The zero-order valence-electron chi connectivity index (χ0n) is 15.1. The molecule has 0 spiro atoms. The van der Waals surface area contributed by atoms with E-state index in [0.717, 1.165) is 28.8 Å². The van der Waals surface area contributed by atoms with E-state index in [-0.39, 0.29) is 5.82 Å². The minimum absolute atomic E-state index is 0.273. The molecule has 2 nitrogen and oxygen atoms in total. The third-order valence-electron chi connectivity index (χ3n) is 4.54. The molecule has 4 heteroatoms. The van der Waals surface area contributed by atoms with Gasteiger partial charge in [0.2, 0.25) is 0 Å². The van der Waals surface area contributed by atoms with E-state index in [4.69, 9.17) is 0 Å². The molecule has 27 heavy (non-hydrogen) atoms. The molecule has 0 amide bonds. The molecule has 0 bridgehead atoms. The highest BCUT2D eigenvalue weighted by atomic mass is 127. The van der Waals surface area contributed by atoms with E-state index >= 15 is 0 Å². The van der Waals surface area contributed by atoms with Gasteiger partial charge >= 0.3 is 0 Å². The molecule has 0 aliphatic heterocycles. The van der Waals surface area contributed by atoms with E-state index in [0.29, 0.717) is 6.42 Å². The van der Waals surface area contributed by atoms with E-state index in [9.17, 15) is 9.50 Å². The fourth-order valence-electron chi connectivity index (χ4n) is 3.13. The molecule has 1 atom stereocenters. The average molecular weight is 475 g/mol. The molecule has 3 aromatic carbocycles. The van der Waals surface area contributed by atoms with Gasteiger partial charge in [-0.05, 0) is 57.8 Å². The lowest BCUT2D eigenvalue weighted by Crippen LogP contribution is -2.25. The van der Waals surface area contributed by atoms with Gasteiger partial charge in [0.15, 0.2) is 0 Å². The highest BCUT2D eigenvalue weighted by Crippen LogP contribution is 2.24. The topological polar surface area (TPSA) is 23.5 Å². The van der Waals surface area contributed by atoms with Crippen molar-refractivity contribution >= 4 is 22.6 Å². The van der Waals surface area contributed by atoms with Crippen molar-refractivity contribution in [2.45, 2.75) is 25.6 Å². The van der Waals surface area contributed by atoms with Crippen LogP contribution in [0.1, 0.15) is 29.2 Å². The molecular weight excluding hydrogens is 452 g/mol. The largest absolute Gasteiger partial charge is 0.388 e.